The maximum Gasteiger partial charge on any atom is 0.0948 e. The molecule has 0 fully saturated rings. The zero-order valence-electron chi connectivity index (χ0n) is 15.7. The van der Waals surface area contributed by atoms with Crippen molar-refractivity contribution in [2.75, 3.05) is 0 Å². The van der Waals surface area contributed by atoms with Gasteiger partial charge in [-0.1, -0.05) is 23.8 Å². The van der Waals surface area contributed by atoms with Gasteiger partial charge in [-0.25, -0.2) is 9.97 Å². The Hall–Kier alpha value is -3.56. The molecule has 0 radical (unpaired) electrons. The van der Waals surface area contributed by atoms with E-state index >= 15 is 0 Å². The molecule has 4 aromatic rings. The molecule has 0 saturated heterocycles. The molecule has 142 valence electrons. The molecule has 29 heavy (non-hydrogen) atoms. The van der Waals surface area contributed by atoms with Crippen molar-refractivity contribution in [1.82, 2.24) is 24.7 Å². The van der Waals surface area contributed by atoms with E-state index in [0.29, 0.717) is 17.9 Å². The smallest absolute Gasteiger partial charge is 0.0948 e. The van der Waals surface area contributed by atoms with Gasteiger partial charge in [0.05, 0.1) is 47.9 Å². The van der Waals surface area contributed by atoms with Gasteiger partial charge < -0.3 is 4.57 Å². The fraction of sp³-hybridized carbons (Fsp3) is 0.136. The monoisotopic (exact) mass is 400 g/mol. The highest BCUT2D eigenvalue weighted by molar-refractivity contribution is 6.32. The molecule has 0 aliphatic heterocycles. The minimum atomic E-state index is 0.416. The Morgan fingerprint density at radius 3 is 2.79 bits per heavy atom. The molecule has 0 saturated carbocycles. The Labute approximate surface area is 173 Å². The maximum absolute atomic E-state index is 8.93. The molecule has 4 rings (SSSR count). The quantitative estimate of drug-likeness (QED) is 0.484. The van der Waals surface area contributed by atoms with E-state index in [2.05, 4.69) is 21.3 Å². The van der Waals surface area contributed by atoms with Gasteiger partial charge in [-0.2, -0.15) is 15.5 Å². The number of fused-ring (bicyclic) bond motifs is 1. The van der Waals surface area contributed by atoms with E-state index in [1.807, 2.05) is 48.0 Å². The number of hydrogen-bond donors (Lipinski definition) is 0. The van der Waals surface area contributed by atoms with Crippen LogP contribution in [-0.2, 0) is 13.5 Å². The number of nitrogens with zero attached hydrogens (tertiary/aromatic N) is 6. The van der Waals surface area contributed by atoms with E-state index in [9.17, 15) is 0 Å². The van der Waals surface area contributed by atoms with Crippen LogP contribution in [0.25, 0.3) is 34.4 Å². The Morgan fingerprint density at radius 2 is 2.07 bits per heavy atom. The lowest BCUT2D eigenvalue weighted by molar-refractivity contribution is 0.917. The summed E-state index contributed by atoms with van der Waals surface area (Å²) in [5.74, 6) is 0. The number of benzene rings is 1. The van der Waals surface area contributed by atoms with Gasteiger partial charge in [0.1, 0.15) is 0 Å². The van der Waals surface area contributed by atoms with Crippen molar-refractivity contribution in [3.05, 3.63) is 70.9 Å². The lowest BCUT2D eigenvalue weighted by Crippen LogP contribution is -1.96. The molecule has 0 amide bonds. The van der Waals surface area contributed by atoms with Crippen LogP contribution in [-0.4, -0.2) is 24.7 Å². The van der Waals surface area contributed by atoms with Gasteiger partial charge in [-0.3, -0.25) is 0 Å². The second kappa shape index (κ2) is 8.21. The summed E-state index contributed by atoms with van der Waals surface area (Å²) < 4.78 is 1.93. The van der Waals surface area contributed by atoms with E-state index in [1.54, 1.807) is 24.9 Å². The molecule has 1 aromatic carbocycles. The van der Waals surface area contributed by atoms with Gasteiger partial charge in [0, 0.05) is 23.9 Å². The molecule has 0 N–H and O–H groups in total. The molecule has 0 spiro atoms. The molecule has 0 aliphatic carbocycles. The van der Waals surface area contributed by atoms with Crippen LogP contribution in [0.3, 0.4) is 0 Å². The van der Waals surface area contributed by atoms with Crippen LogP contribution in [0.4, 0.5) is 0 Å². The summed E-state index contributed by atoms with van der Waals surface area (Å²) in [6.07, 6.45) is 11.9. The first-order valence-electron chi connectivity index (χ1n) is 9.07. The van der Waals surface area contributed by atoms with Crippen molar-refractivity contribution in [2.24, 2.45) is 7.05 Å². The molecule has 7 heteroatoms. The summed E-state index contributed by atoms with van der Waals surface area (Å²) in [7, 11) is 1.93. The van der Waals surface area contributed by atoms with Crippen molar-refractivity contribution < 1.29 is 0 Å². The zero-order valence-corrected chi connectivity index (χ0v) is 16.5. The average molecular weight is 401 g/mol. The van der Waals surface area contributed by atoms with Crippen LogP contribution in [0, 0.1) is 11.3 Å². The predicted octanol–water partition coefficient (Wildman–Crippen LogP) is 4.71. The van der Waals surface area contributed by atoms with E-state index < -0.39 is 0 Å². The van der Waals surface area contributed by atoms with Crippen LogP contribution in [0.5, 0.6) is 0 Å². The van der Waals surface area contributed by atoms with Crippen molar-refractivity contribution in [3.8, 4) is 17.5 Å². The summed E-state index contributed by atoms with van der Waals surface area (Å²) in [6, 6.07) is 10.0. The molecule has 0 bridgehead atoms. The number of aromatic nitrogens is 5. The highest BCUT2D eigenvalue weighted by Crippen LogP contribution is 2.30. The van der Waals surface area contributed by atoms with Gasteiger partial charge in [-0.15, -0.1) is 0 Å². The van der Waals surface area contributed by atoms with E-state index in [1.165, 1.54) is 0 Å². The standard InChI is InChI=1S/C22H17ClN6/c1-29-14-25-13-22(29)21-10-16(5-4-15-6-8-26-27-12-15)18-9-17(3-2-7-24)19(23)11-20(18)28-21/h4-6,8-14H,2-3H2,1H3/b5-4+. The molecular weight excluding hydrogens is 384 g/mol. The lowest BCUT2D eigenvalue weighted by atomic mass is 10.0. The fourth-order valence-electron chi connectivity index (χ4n) is 3.16. The van der Waals surface area contributed by atoms with Crippen molar-refractivity contribution in [3.63, 3.8) is 0 Å². The van der Waals surface area contributed by atoms with Crippen LogP contribution in [0.15, 0.2) is 49.2 Å². The zero-order chi connectivity index (χ0) is 20.2. The third-order valence-corrected chi connectivity index (χ3v) is 5.01. The topological polar surface area (TPSA) is 80.3 Å². The number of imidazole rings is 1. The summed E-state index contributed by atoms with van der Waals surface area (Å²) in [5.41, 5.74) is 5.41. The summed E-state index contributed by atoms with van der Waals surface area (Å²) in [6.45, 7) is 0. The average Bonchev–Trinajstić information content (AvgIpc) is 3.17. The van der Waals surface area contributed by atoms with E-state index in [0.717, 1.165) is 39.0 Å². The Morgan fingerprint density at radius 1 is 1.17 bits per heavy atom. The number of halogens is 1. The summed E-state index contributed by atoms with van der Waals surface area (Å²) >= 11 is 6.47. The predicted molar refractivity (Wildman–Crippen MR) is 114 cm³/mol. The molecule has 0 unspecified atom stereocenters. The molecule has 0 atom stereocenters. The third-order valence-electron chi connectivity index (χ3n) is 4.66. The first-order chi connectivity index (χ1) is 14.2. The van der Waals surface area contributed by atoms with Crippen LogP contribution < -0.4 is 0 Å². The summed E-state index contributed by atoms with van der Waals surface area (Å²) in [4.78, 5) is 9.01. The molecule has 3 aromatic heterocycles. The second-order valence-corrected chi connectivity index (χ2v) is 7.02. The van der Waals surface area contributed by atoms with Crippen LogP contribution in [0.1, 0.15) is 23.1 Å². The first kappa shape index (κ1) is 18.8. The van der Waals surface area contributed by atoms with Crippen molar-refractivity contribution in [2.45, 2.75) is 12.8 Å². The number of hydrogen-bond acceptors (Lipinski definition) is 5. The van der Waals surface area contributed by atoms with Gasteiger partial charge >= 0.3 is 0 Å². The van der Waals surface area contributed by atoms with Gasteiger partial charge in [-0.05, 0) is 47.4 Å². The molecule has 0 aliphatic rings. The van der Waals surface area contributed by atoms with Gasteiger partial charge in [0.25, 0.3) is 0 Å². The summed E-state index contributed by atoms with van der Waals surface area (Å²) in [5, 5.41) is 18.3. The highest BCUT2D eigenvalue weighted by atomic mass is 35.5. The second-order valence-electron chi connectivity index (χ2n) is 6.61. The first-order valence-corrected chi connectivity index (χ1v) is 9.45. The number of rotatable bonds is 5. The van der Waals surface area contributed by atoms with Crippen molar-refractivity contribution >= 4 is 34.7 Å². The Kier molecular flexibility index (Phi) is 5.32. The third kappa shape index (κ3) is 4.00. The number of nitriles is 1. The Bertz CT molecular complexity index is 1240. The highest BCUT2D eigenvalue weighted by Gasteiger charge is 2.12. The number of aryl methyl sites for hydroxylation is 2. The van der Waals surface area contributed by atoms with E-state index in [-0.39, 0.29) is 0 Å². The largest absolute Gasteiger partial charge is 0.332 e. The van der Waals surface area contributed by atoms with Crippen molar-refractivity contribution in [1.29, 1.82) is 5.26 Å². The minimum Gasteiger partial charge on any atom is -0.332 e. The maximum atomic E-state index is 8.93. The SMILES string of the molecule is Cn1cncc1-c1cc(/C=C/c2ccnnc2)c2cc(CCC#N)c(Cl)cc2n1. The van der Waals surface area contributed by atoms with Gasteiger partial charge in [0.15, 0.2) is 0 Å². The van der Waals surface area contributed by atoms with Gasteiger partial charge in [0.2, 0.25) is 0 Å². The number of pyridine rings is 1. The normalized spacial score (nSPS) is 11.2. The molecular formula is C22H17ClN6. The lowest BCUT2D eigenvalue weighted by Gasteiger charge is -2.11. The molecule has 6 nitrogen and oxygen atoms in total. The van der Waals surface area contributed by atoms with Crippen LogP contribution >= 0.6 is 11.6 Å². The van der Waals surface area contributed by atoms with Crippen LogP contribution in [0.2, 0.25) is 5.02 Å². The molecule has 3 heterocycles. The minimum absolute atomic E-state index is 0.416. The van der Waals surface area contributed by atoms with E-state index in [4.69, 9.17) is 21.8 Å². The Balaban J connectivity index is 1.89. The fourth-order valence-corrected chi connectivity index (χ4v) is 3.41.